The van der Waals surface area contributed by atoms with E-state index in [0.717, 1.165) is 12.1 Å². The molecule has 0 heterocycles. The minimum atomic E-state index is -0.762. The fourth-order valence-electron chi connectivity index (χ4n) is 1.38. The van der Waals surface area contributed by atoms with Crippen LogP contribution in [-0.4, -0.2) is 42.7 Å². The number of hydrogen-bond acceptors (Lipinski definition) is 3. The Bertz CT molecular complexity index is 327. The molecule has 0 aromatic heterocycles. The van der Waals surface area contributed by atoms with Crippen molar-refractivity contribution in [2.24, 2.45) is 0 Å². The molecule has 0 atom stereocenters. The van der Waals surface area contributed by atoms with Gasteiger partial charge in [0.2, 0.25) is 0 Å². The summed E-state index contributed by atoms with van der Waals surface area (Å²) in [6.07, 6.45) is 0.176. The van der Waals surface area contributed by atoms with Crippen molar-refractivity contribution in [3.63, 3.8) is 0 Å². The van der Waals surface area contributed by atoms with Crippen LogP contribution in [0.4, 0.5) is 0 Å². The molecular formula is C13H19NO3. The Balaban J connectivity index is 2.06. The summed E-state index contributed by atoms with van der Waals surface area (Å²) < 4.78 is 5.51. The lowest BCUT2D eigenvalue weighted by molar-refractivity contribution is -0.137. The van der Waals surface area contributed by atoms with Crippen LogP contribution >= 0.6 is 0 Å². The van der Waals surface area contributed by atoms with E-state index in [2.05, 4.69) is 0 Å². The van der Waals surface area contributed by atoms with E-state index in [9.17, 15) is 4.79 Å². The van der Waals surface area contributed by atoms with Gasteiger partial charge in [-0.3, -0.25) is 4.79 Å². The van der Waals surface area contributed by atoms with Gasteiger partial charge in [-0.05, 0) is 12.6 Å². The number of benzene rings is 1. The van der Waals surface area contributed by atoms with Crippen molar-refractivity contribution in [3.8, 4) is 0 Å². The Morgan fingerprint density at radius 1 is 1.29 bits per heavy atom. The third-order valence-corrected chi connectivity index (χ3v) is 2.44. The van der Waals surface area contributed by atoms with Crippen molar-refractivity contribution in [1.29, 1.82) is 0 Å². The lowest BCUT2D eigenvalue weighted by Crippen LogP contribution is -2.25. The number of likely N-dealkylation sites (N-methyl/N-ethyl adjacent to an activating group) is 1. The molecule has 1 aromatic rings. The second-order valence-corrected chi connectivity index (χ2v) is 3.99. The zero-order valence-corrected chi connectivity index (χ0v) is 10.1. The van der Waals surface area contributed by atoms with Crippen LogP contribution in [0.25, 0.3) is 0 Å². The molecule has 0 saturated heterocycles. The van der Waals surface area contributed by atoms with Crippen LogP contribution in [0.2, 0.25) is 0 Å². The van der Waals surface area contributed by atoms with Crippen molar-refractivity contribution in [2.45, 2.75) is 13.0 Å². The van der Waals surface area contributed by atoms with Gasteiger partial charge < -0.3 is 14.7 Å². The molecule has 17 heavy (non-hydrogen) atoms. The first kappa shape index (κ1) is 13.7. The van der Waals surface area contributed by atoms with Crippen LogP contribution in [0.15, 0.2) is 30.3 Å². The van der Waals surface area contributed by atoms with E-state index < -0.39 is 5.97 Å². The highest BCUT2D eigenvalue weighted by atomic mass is 16.5. The van der Waals surface area contributed by atoms with Crippen LogP contribution in [0.1, 0.15) is 12.0 Å². The third kappa shape index (κ3) is 6.71. The maximum atomic E-state index is 10.4. The minimum absolute atomic E-state index is 0.176. The standard InChI is InChI=1S/C13H19NO3/c1-14(8-7-13(15)16)9-10-17-11-12-5-3-2-4-6-12/h2-6H,7-11H2,1H3,(H,15,16). The van der Waals surface area contributed by atoms with Crippen molar-refractivity contribution in [3.05, 3.63) is 35.9 Å². The predicted molar refractivity (Wildman–Crippen MR) is 65.8 cm³/mol. The lowest BCUT2D eigenvalue weighted by Gasteiger charge is -2.15. The molecule has 0 aliphatic carbocycles. The van der Waals surface area contributed by atoms with Crippen LogP contribution in [-0.2, 0) is 16.1 Å². The normalized spacial score (nSPS) is 10.7. The number of aliphatic carboxylic acids is 1. The molecule has 4 nitrogen and oxygen atoms in total. The van der Waals surface area contributed by atoms with E-state index in [1.165, 1.54) is 0 Å². The van der Waals surface area contributed by atoms with Crippen molar-refractivity contribution in [2.75, 3.05) is 26.7 Å². The fourth-order valence-corrected chi connectivity index (χ4v) is 1.38. The Labute approximate surface area is 102 Å². The minimum Gasteiger partial charge on any atom is -0.481 e. The molecule has 0 fully saturated rings. The molecule has 0 spiro atoms. The molecule has 0 amide bonds. The largest absolute Gasteiger partial charge is 0.481 e. The van der Waals surface area contributed by atoms with Gasteiger partial charge in [-0.2, -0.15) is 0 Å². The summed E-state index contributed by atoms with van der Waals surface area (Å²) in [7, 11) is 1.90. The van der Waals surface area contributed by atoms with Crippen LogP contribution in [0.3, 0.4) is 0 Å². The Morgan fingerprint density at radius 2 is 2.00 bits per heavy atom. The van der Waals surface area contributed by atoms with Gasteiger partial charge in [0.1, 0.15) is 0 Å². The van der Waals surface area contributed by atoms with Crippen LogP contribution < -0.4 is 0 Å². The maximum Gasteiger partial charge on any atom is 0.304 e. The Morgan fingerprint density at radius 3 is 2.65 bits per heavy atom. The third-order valence-electron chi connectivity index (χ3n) is 2.44. The highest BCUT2D eigenvalue weighted by Crippen LogP contribution is 2.00. The topological polar surface area (TPSA) is 49.8 Å². The average Bonchev–Trinajstić information content (AvgIpc) is 2.33. The molecule has 1 N–H and O–H groups in total. The molecule has 0 radical (unpaired) electrons. The van der Waals surface area contributed by atoms with Gasteiger partial charge in [0.15, 0.2) is 0 Å². The number of nitrogens with zero attached hydrogens (tertiary/aromatic N) is 1. The summed E-state index contributed by atoms with van der Waals surface area (Å²) in [5, 5.41) is 8.52. The number of rotatable bonds is 8. The quantitative estimate of drug-likeness (QED) is 0.698. The second-order valence-electron chi connectivity index (χ2n) is 3.99. The average molecular weight is 237 g/mol. The van der Waals surface area contributed by atoms with Gasteiger partial charge in [0, 0.05) is 13.1 Å². The highest BCUT2D eigenvalue weighted by molar-refractivity contribution is 5.66. The molecular weight excluding hydrogens is 218 g/mol. The number of hydrogen-bond donors (Lipinski definition) is 1. The van der Waals surface area contributed by atoms with E-state index in [1.807, 2.05) is 42.3 Å². The summed E-state index contributed by atoms with van der Waals surface area (Å²) in [6, 6.07) is 9.99. The van der Waals surface area contributed by atoms with Gasteiger partial charge in [0.25, 0.3) is 0 Å². The molecule has 0 saturated carbocycles. The summed E-state index contributed by atoms with van der Waals surface area (Å²) in [6.45, 7) is 2.53. The number of carbonyl (C=O) groups is 1. The van der Waals surface area contributed by atoms with Crippen molar-refractivity contribution in [1.82, 2.24) is 4.90 Å². The van der Waals surface area contributed by atoms with Crippen molar-refractivity contribution < 1.29 is 14.6 Å². The molecule has 0 aliphatic rings. The Kier molecular flexibility index (Phi) is 6.29. The first-order valence-corrected chi connectivity index (χ1v) is 5.70. The van der Waals surface area contributed by atoms with Gasteiger partial charge in [-0.15, -0.1) is 0 Å². The first-order chi connectivity index (χ1) is 8.18. The number of carboxylic acid groups (broad SMARTS) is 1. The Hall–Kier alpha value is -1.39. The number of ether oxygens (including phenoxy) is 1. The van der Waals surface area contributed by atoms with Gasteiger partial charge >= 0.3 is 5.97 Å². The van der Waals surface area contributed by atoms with Gasteiger partial charge in [0.05, 0.1) is 19.6 Å². The van der Waals surface area contributed by atoms with Crippen LogP contribution in [0.5, 0.6) is 0 Å². The second kappa shape index (κ2) is 7.81. The fraction of sp³-hybridized carbons (Fsp3) is 0.462. The zero-order valence-electron chi connectivity index (χ0n) is 10.1. The lowest BCUT2D eigenvalue weighted by atomic mass is 10.2. The van der Waals surface area contributed by atoms with Gasteiger partial charge in [-0.25, -0.2) is 0 Å². The predicted octanol–water partition coefficient (Wildman–Crippen LogP) is 1.61. The molecule has 4 heteroatoms. The van der Waals surface area contributed by atoms with Crippen molar-refractivity contribution >= 4 is 5.97 Å². The summed E-state index contributed by atoms with van der Waals surface area (Å²) in [5.74, 6) is -0.762. The number of carboxylic acids is 1. The molecule has 94 valence electrons. The molecule has 1 aromatic carbocycles. The maximum absolute atomic E-state index is 10.4. The monoisotopic (exact) mass is 237 g/mol. The molecule has 0 unspecified atom stereocenters. The van der Waals surface area contributed by atoms with E-state index in [0.29, 0.717) is 19.8 Å². The molecule has 0 aliphatic heterocycles. The molecule has 1 rings (SSSR count). The van der Waals surface area contributed by atoms with E-state index >= 15 is 0 Å². The summed E-state index contributed by atoms with van der Waals surface area (Å²) in [4.78, 5) is 12.3. The highest BCUT2D eigenvalue weighted by Gasteiger charge is 2.02. The zero-order chi connectivity index (χ0) is 12.5. The van der Waals surface area contributed by atoms with E-state index in [4.69, 9.17) is 9.84 Å². The molecule has 0 bridgehead atoms. The van der Waals surface area contributed by atoms with E-state index in [-0.39, 0.29) is 6.42 Å². The van der Waals surface area contributed by atoms with Gasteiger partial charge in [-0.1, -0.05) is 30.3 Å². The summed E-state index contributed by atoms with van der Waals surface area (Å²) >= 11 is 0. The van der Waals surface area contributed by atoms with Crippen LogP contribution in [0, 0.1) is 0 Å². The smallest absolute Gasteiger partial charge is 0.304 e. The SMILES string of the molecule is CN(CCOCc1ccccc1)CCC(=O)O. The van der Waals surface area contributed by atoms with E-state index in [1.54, 1.807) is 0 Å². The first-order valence-electron chi connectivity index (χ1n) is 5.70. The summed E-state index contributed by atoms with van der Waals surface area (Å²) in [5.41, 5.74) is 1.15.